The Labute approximate surface area is 162 Å². The predicted molar refractivity (Wildman–Crippen MR) is 111 cm³/mol. The van der Waals surface area contributed by atoms with Crippen LogP contribution in [0.1, 0.15) is 30.0 Å². The van der Waals surface area contributed by atoms with Crippen molar-refractivity contribution in [1.82, 2.24) is 5.32 Å². The summed E-state index contributed by atoms with van der Waals surface area (Å²) in [7, 11) is 0. The van der Waals surface area contributed by atoms with E-state index in [1.165, 1.54) is 0 Å². The van der Waals surface area contributed by atoms with E-state index in [2.05, 4.69) is 17.5 Å². The number of nitrogens with one attached hydrogen (secondary N) is 1. The number of hydrogen-bond acceptors (Lipinski definition) is 5. The van der Waals surface area contributed by atoms with Gasteiger partial charge in [0.1, 0.15) is 0 Å². The van der Waals surface area contributed by atoms with Crippen LogP contribution in [0.5, 0.6) is 0 Å². The van der Waals surface area contributed by atoms with E-state index >= 15 is 0 Å². The van der Waals surface area contributed by atoms with Crippen molar-refractivity contribution in [3.63, 3.8) is 0 Å². The maximum absolute atomic E-state index is 8.69. The van der Waals surface area contributed by atoms with E-state index in [-0.39, 0.29) is 6.04 Å². The van der Waals surface area contributed by atoms with Gasteiger partial charge in [0.25, 0.3) is 0 Å². The Morgan fingerprint density at radius 3 is 2.58 bits per heavy atom. The van der Waals surface area contributed by atoms with Gasteiger partial charge in [-0.1, -0.05) is 47.6 Å². The van der Waals surface area contributed by atoms with Gasteiger partial charge in [-0.05, 0) is 47.9 Å². The number of halogens is 1. The van der Waals surface area contributed by atoms with E-state index in [1.807, 2.05) is 48.5 Å². The van der Waals surface area contributed by atoms with Gasteiger partial charge in [0, 0.05) is 28.6 Å². The second kappa shape index (κ2) is 8.79. The van der Waals surface area contributed by atoms with Crippen LogP contribution in [-0.2, 0) is 0 Å². The summed E-state index contributed by atoms with van der Waals surface area (Å²) in [5.41, 5.74) is 9.68. The van der Waals surface area contributed by atoms with Gasteiger partial charge in [0.15, 0.2) is 5.17 Å². The van der Waals surface area contributed by atoms with Crippen LogP contribution >= 0.6 is 23.4 Å². The van der Waals surface area contributed by atoms with Gasteiger partial charge in [-0.25, -0.2) is 4.99 Å². The molecule has 0 fully saturated rings. The van der Waals surface area contributed by atoms with Gasteiger partial charge in [-0.2, -0.15) is 5.26 Å². The molecular formula is C20H19ClN4S. The fourth-order valence-corrected chi connectivity index (χ4v) is 3.54. The average Bonchev–Trinajstić information content (AvgIpc) is 2.66. The molecule has 0 bridgehead atoms. The molecule has 0 spiro atoms. The van der Waals surface area contributed by atoms with Gasteiger partial charge >= 0.3 is 0 Å². The van der Waals surface area contributed by atoms with Gasteiger partial charge in [-0.3, -0.25) is 0 Å². The quantitative estimate of drug-likeness (QED) is 0.563. The fourth-order valence-electron chi connectivity index (χ4n) is 2.57. The topological polar surface area (TPSA) is 74.2 Å². The highest BCUT2D eigenvalue weighted by molar-refractivity contribution is 8.13. The van der Waals surface area contributed by atoms with E-state index in [9.17, 15) is 0 Å². The summed E-state index contributed by atoms with van der Waals surface area (Å²) in [6.45, 7) is 0. The molecule has 0 amide bonds. The summed E-state index contributed by atoms with van der Waals surface area (Å²) in [6, 6.07) is 17.6. The van der Waals surface area contributed by atoms with Crippen molar-refractivity contribution >= 4 is 39.9 Å². The molecule has 4 nitrogen and oxygen atoms in total. The summed E-state index contributed by atoms with van der Waals surface area (Å²) >= 11 is 7.65. The number of hydrogen-bond donors (Lipinski definition) is 2. The lowest BCUT2D eigenvalue weighted by atomic mass is 10.0. The van der Waals surface area contributed by atoms with E-state index in [0.717, 1.165) is 39.9 Å². The Balaban J connectivity index is 1.85. The number of rotatable bonds is 5. The lowest BCUT2D eigenvalue weighted by Crippen LogP contribution is -2.24. The Morgan fingerprint density at radius 1 is 1.15 bits per heavy atom. The van der Waals surface area contributed by atoms with Gasteiger partial charge in [-0.15, -0.1) is 0 Å². The zero-order valence-corrected chi connectivity index (χ0v) is 15.7. The first kappa shape index (κ1) is 18.4. The highest BCUT2D eigenvalue weighted by Gasteiger charge is 2.18. The number of benzene rings is 2. The Bertz CT molecular complexity index is 851. The molecule has 0 aliphatic carbocycles. The highest BCUT2D eigenvalue weighted by Crippen LogP contribution is 2.30. The highest BCUT2D eigenvalue weighted by atomic mass is 35.5. The molecule has 0 radical (unpaired) electrons. The second-order valence-electron chi connectivity index (χ2n) is 5.87. The van der Waals surface area contributed by atoms with Gasteiger partial charge in [0.2, 0.25) is 0 Å². The van der Waals surface area contributed by atoms with Crippen LogP contribution < -0.4 is 11.1 Å². The molecule has 0 saturated heterocycles. The van der Waals surface area contributed by atoms with Crippen LogP contribution in [0.3, 0.4) is 0 Å². The number of nitriles is 1. The molecular weight excluding hydrogens is 364 g/mol. The molecule has 0 saturated carbocycles. The van der Waals surface area contributed by atoms with Crippen molar-refractivity contribution in [2.45, 2.75) is 18.9 Å². The number of anilines is 1. The zero-order chi connectivity index (χ0) is 18.4. The maximum Gasteiger partial charge on any atom is 0.161 e. The van der Waals surface area contributed by atoms with Crippen molar-refractivity contribution in [3.8, 4) is 6.07 Å². The standard InChI is InChI=1S/C20H19ClN4S/c21-16-7-3-14(4-8-16)18-13-19(15-5-9-17(23)10-6-15)25-20(24-18)26-12-2-1-11-22/h3-10,13,18H,1-2,12,23H2,(H,24,25). The number of amidine groups is 1. The summed E-state index contributed by atoms with van der Waals surface area (Å²) in [5.74, 6) is 0.849. The summed E-state index contributed by atoms with van der Waals surface area (Å²) in [4.78, 5) is 4.81. The first-order valence-electron chi connectivity index (χ1n) is 8.33. The van der Waals surface area contributed by atoms with Crippen molar-refractivity contribution in [3.05, 3.63) is 70.8 Å². The number of nitrogens with two attached hydrogens (primary N) is 1. The first-order valence-corrected chi connectivity index (χ1v) is 9.70. The van der Waals surface area contributed by atoms with Crippen LogP contribution in [0.25, 0.3) is 5.70 Å². The molecule has 26 heavy (non-hydrogen) atoms. The molecule has 1 aliphatic heterocycles. The third-order valence-electron chi connectivity index (χ3n) is 3.93. The van der Waals surface area contributed by atoms with E-state index < -0.39 is 0 Å². The smallest absolute Gasteiger partial charge is 0.161 e. The van der Waals surface area contributed by atoms with Crippen molar-refractivity contribution < 1.29 is 0 Å². The number of aliphatic imine (C=N–C) groups is 1. The Kier molecular flexibility index (Phi) is 6.21. The molecule has 1 unspecified atom stereocenters. The Morgan fingerprint density at radius 2 is 1.88 bits per heavy atom. The van der Waals surface area contributed by atoms with Crippen LogP contribution in [0.2, 0.25) is 5.02 Å². The maximum atomic E-state index is 8.69. The predicted octanol–water partition coefficient (Wildman–Crippen LogP) is 5.00. The molecule has 1 atom stereocenters. The Hall–Kier alpha value is -2.42. The van der Waals surface area contributed by atoms with Gasteiger partial charge < -0.3 is 11.1 Å². The van der Waals surface area contributed by atoms with Crippen LogP contribution in [0.15, 0.2) is 59.6 Å². The molecule has 2 aromatic carbocycles. The van der Waals surface area contributed by atoms with Crippen LogP contribution in [-0.4, -0.2) is 10.9 Å². The van der Waals surface area contributed by atoms with Crippen molar-refractivity contribution in [1.29, 1.82) is 5.26 Å². The third kappa shape index (κ3) is 4.81. The van der Waals surface area contributed by atoms with Crippen LogP contribution in [0, 0.1) is 11.3 Å². The zero-order valence-electron chi connectivity index (χ0n) is 14.2. The molecule has 132 valence electrons. The SMILES string of the molecule is N#CCCCSC1=NC(c2ccc(Cl)cc2)C=C(c2ccc(N)cc2)N1. The second-order valence-corrected chi connectivity index (χ2v) is 7.39. The lowest BCUT2D eigenvalue weighted by molar-refractivity contribution is 0.887. The first-order chi connectivity index (χ1) is 12.7. The molecule has 0 aromatic heterocycles. The summed E-state index contributed by atoms with van der Waals surface area (Å²) in [6.07, 6.45) is 3.50. The van der Waals surface area contributed by atoms with E-state index in [0.29, 0.717) is 11.4 Å². The molecule has 1 heterocycles. The summed E-state index contributed by atoms with van der Waals surface area (Å²) in [5, 5.41) is 13.7. The van der Waals surface area contributed by atoms with E-state index in [1.54, 1.807) is 11.8 Å². The minimum absolute atomic E-state index is 0.0838. The minimum atomic E-state index is -0.0838. The van der Waals surface area contributed by atoms with Crippen molar-refractivity contribution in [2.75, 3.05) is 11.5 Å². The third-order valence-corrected chi connectivity index (χ3v) is 5.15. The molecule has 6 heteroatoms. The average molecular weight is 383 g/mol. The molecule has 3 rings (SSSR count). The summed E-state index contributed by atoms with van der Waals surface area (Å²) < 4.78 is 0. The number of unbranched alkanes of at least 4 members (excludes halogenated alkanes) is 1. The number of nitrogen functional groups attached to an aromatic ring is 1. The van der Waals surface area contributed by atoms with E-state index in [4.69, 9.17) is 27.6 Å². The minimum Gasteiger partial charge on any atom is -0.399 e. The number of nitrogens with zero attached hydrogens (tertiary/aromatic N) is 2. The fraction of sp³-hybridized carbons (Fsp3) is 0.200. The van der Waals surface area contributed by atoms with Gasteiger partial charge in [0.05, 0.1) is 12.1 Å². The normalized spacial score (nSPS) is 16.2. The largest absolute Gasteiger partial charge is 0.399 e. The van der Waals surface area contributed by atoms with Crippen LogP contribution in [0.4, 0.5) is 5.69 Å². The molecule has 3 N–H and O–H groups in total. The number of thioether (sulfide) groups is 1. The monoisotopic (exact) mass is 382 g/mol. The lowest BCUT2D eigenvalue weighted by Gasteiger charge is -2.22. The molecule has 1 aliphatic rings. The molecule has 2 aromatic rings. The van der Waals surface area contributed by atoms with Crippen molar-refractivity contribution in [2.24, 2.45) is 4.99 Å².